The smallest absolute Gasteiger partial charge is 0.411 e. The highest BCUT2D eigenvalue weighted by Crippen LogP contribution is 2.14. The fourth-order valence-electron chi connectivity index (χ4n) is 1.76. The lowest BCUT2D eigenvalue weighted by molar-refractivity contribution is 0.168. The topological polar surface area (TPSA) is 97.4 Å². The van der Waals surface area contributed by atoms with Gasteiger partial charge in [0.2, 0.25) is 10.0 Å². The lowest BCUT2D eigenvalue weighted by Gasteiger charge is -2.08. The molecule has 1 amide bonds. The molecule has 0 saturated carbocycles. The SMILES string of the molecule is CCOC(=O)Nc1ccc(S(=O)(=O)NCc2ccccn2)cc1. The summed E-state index contributed by atoms with van der Waals surface area (Å²) in [5, 5.41) is 2.49. The van der Waals surface area contributed by atoms with E-state index in [1.54, 1.807) is 31.3 Å². The molecule has 2 aromatic rings. The number of amides is 1. The van der Waals surface area contributed by atoms with Gasteiger partial charge >= 0.3 is 6.09 Å². The molecule has 2 N–H and O–H groups in total. The van der Waals surface area contributed by atoms with E-state index in [9.17, 15) is 13.2 Å². The Morgan fingerprint density at radius 3 is 2.52 bits per heavy atom. The summed E-state index contributed by atoms with van der Waals surface area (Å²) in [5.74, 6) is 0. The van der Waals surface area contributed by atoms with Gasteiger partial charge in [-0.25, -0.2) is 17.9 Å². The zero-order chi connectivity index (χ0) is 16.7. The molecule has 0 aliphatic rings. The van der Waals surface area contributed by atoms with Crippen molar-refractivity contribution in [2.75, 3.05) is 11.9 Å². The molecule has 1 heterocycles. The van der Waals surface area contributed by atoms with Crippen molar-refractivity contribution in [2.24, 2.45) is 0 Å². The van der Waals surface area contributed by atoms with Crippen molar-refractivity contribution in [1.82, 2.24) is 9.71 Å². The highest BCUT2D eigenvalue weighted by Gasteiger charge is 2.14. The van der Waals surface area contributed by atoms with E-state index < -0.39 is 16.1 Å². The van der Waals surface area contributed by atoms with Crippen LogP contribution in [0.25, 0.3) is 0 Å². The van der Waals surface area contributed by atoms with Gasteiger partial charge in [-0.15, -0.1) is 0 Å². The Morgan fingerprint density at radius 1 is 1.17 bits per heavy atom. The standard InChI is InChI=1S/C15H17N3O4S/c1-2-22-15(19)18-12-6-8-14(9-7-12)23(20,21)17-11-13-5-3-4-10-16-13/h3-10,17H,2,11H2,1H3,(H,18,19). The van der Waals surface area contributed by atoms with Crippen LogP contribution in [0.5, 0.6) is 0 Å². The van der Waals surface area contributed by atoms with Gasteiger partial charge in [-0.2, -0.15) is 0 Å². The monoisotopic (exact) mass is 335 g/mol. The summed E-state index contributed by atoms with van der Waals surface area (Å²) in [6, 6.07) is 11.1. The number of ether oxygens (including phenoxy) is 1. The molecule has 8 heteroatoms. The Morgan fingerprint density at radius 2 is 1.91 bits per heavy atom. The average molecular weight is 335 g/mol. The molecule has 23 heavy (non-hydrogen) atoms. The molecule has 7 nitrogen and oxygen atoms in total. The number of aromatic nitrogens is 1. The van der Waals surface area contributed by atoms with E-state index in [1.807, 2.05) is 0 Å². The molecule has 1 aromatic heterocycles. The van der Waals surface area contributed by atoms with Gasteiger partial charge in [0.05, 0.1) is 23.7 Å². The van der Waals surface area contributed by atoms with E-state index >= 15 is 0 Å². The predicted octanol–water partition coefficient (Wildman–Crippen LogP) is 2.13. The molecule has 0 aliphatic heterocycles. The first-order chi connectivity index (χ1) is 11.0. The number of carbonyl (C=O) groups is 1. The van der Waals surface area contributed by atoms with Crippen LogP contribution < -0.4 is 10.0 Å². The Balaban J connectivity index is 2.01. The Kier molecular flexibility index (Phi) is 5.67. The van der Waals surface area contributed by atoms with E-state index in [0.717, 1.165) is 0 Å². The maximum absolute atomic E-state index is 12.2. The molecule has 0 spiro atoms. The van der Waals surface area contributed by atoms with Gasteiger partial charge in [0.15, 0.2) is 0 Å². The van der Waals surface area contributed by atoms with Crippen LogP contribution in [0.1, 0.15) is 12.6 Å². The molecular weight excluding hydrogens is 318 g/mol. The van der Waals surface area contributed by atoms with Gasteiger partial charge in [0, 0.05) is 11.9 Å². The Bertz CT molecular complexity index is 746. The predicted molar refractivity (Wildman–Crippen MR) is 85.3 cm³/mol. The van der Waals surface area contributed by atoms with E-state index in [2.05, 4.69) is 15.0 Å². The molecule has 1 aromatic carbocycles. The van der Waals surface area contributed by atoms with Gasteiger partial charge in [0.1, 0.15) is 0 Å². The summed E-state index contributed by atoms with van der Waals surface area (Å²) in [7, 11) is -3.65. The van der Waals surface area contributed by atoms with E-state index in [-0.39, 0.29) is 18.0 Å². The van der Waals surface area contributed by atoms with Crippen LogP contribution in [-0.4, -0.2) is 26.1 Å². The molecule has 0 bridgehead atoms. The van der Waals surface area contributed by atoms with Gasteiger partial charge in [-0.1, -0.05) is 6.07 Å². The fraction of sp³-hybridized carbons (Fsp3) is 0.200. The van der Waals surface area contributed by atoms with Gasteiger partial charge in [-0.05, 0) is 43.3 Å². The van der Waals surface area contributed by atoms with E-state index in [1.165, 1.54) is 24.3 Å². The number of nitrogens with zero attached hydrogens (tertiary/aromatic N) is 1. The van der Waals surface area contributed by atoms with Crippen molar-refractivity contribution in [3.05, 3.63) is 54.4 Å². The molecule has 0 atom stereocenters. The summed E-state index contributed by atoms with van der Waals surface area (Å²) in [6.45, 7) is 2.06. The summed E-state index contributed by atoms with van der Waals surface area (Å²) in [5.41, 5.74) is 1.07. The molecule has 2 rings (SSSR count). The highest BCUT2D eigenvalue weighted by atomic mass is 32.2. The Hall–Kier alpha value is -2.45. The molecule has 0 aliphatic carbocycles. The minimum absolute atomic E-state index is 0.0999. The first-order valence-corrected chi connectivity index (χ1v) is 8.43. The largest absolute Gasteiger partial charge is 0.450 e. The summed E-state index contributed by atoms with van der Waals surface area (Å²) in [4.78, 5) is 15.4. The lowest BCUT2D eigenvalue weighted by Crippen LogP contribution is -2.23. The van der Waals surface area contributed by atoms with Crippen LogP contribution in [0, 0.1) is 0 Å². The van der Waals surface area contributed by atoms with Crippen molar-refractivity contribution in [2.45, 2.75) is 18.4 Å². The summed E-state index contributed by atoms with van der Waals surface area (Å²) < 4.78 is 31.6. The maximum Gasteiger partial charge on any atom is 0.411 e. The third-order valence-electron chi connectivity index (χ3n) is 2.86. The first kappa shape index (κ1) is 16.9. The number of hydrogen-bond donors (Lipinski definition) is 2. The van der Waals surface area contributed by atoms with Crippen LogP contribution in [0.4, 0.5) is 10.5 Å². The molecule has 122 valence electrons. The maximum atomic E-state index is 12.2. The van der Waals surface area contributed by atoms with Crippen LogP contribution in [-0.2, 0) is 21.3 Å². The summed E-state index contributed by atoms with van der Waals surface area (Å²) in [6.07, 6.45) is 1.01. The second-order valence-electron chi connectivity index (χ2n) is 4.52. The molecular formula is C15H17N3O4S. The number of anilines is 1. The van der Waals surface area contributed by atoms with Gasteiger partial charge in [-0.3, -0.25) is 10.3 Å². The zero-order valence-electron chi connectivity index (χ0n) is 12.5. The van der Waals surface area contributed by atoms with Crippen molar-refractivity contribution in [3.63, 3.8) is 0 Å². The van der Waals surface area contributed by atoms with Crippen LogP contribution in [0.2, 0.25) is 0 Å². The summed E-state index contributed by atoms with van der Waals surface area (Å²) >= 11 is 0. The van der Waals surface area contributed by atoms with Crippen LogP contribution in [0.15, 0.2) is 53.6 Å². The third kappa shape index (κ3) is 5.04. The number of carbonyl (C=O) groups excluding carboxylic acids is 1. The average Bonchev–Trinajstić information content (AvgIpc) is 2.55. The highest BCUT2D eigenvalue weighted by molar-refractivity contribution is 7.89. The van der Waals surface area contributed by atoms with Crippen molar-refractivity contribution >= 4 is 21.8 Å². The van der Waals surface area contributed by atoms with E-state index in [0.29, 0.717) is 11.4 Å². The number of benzene rings is 1. The van der Waals surface area contributed by atoms with Crippen LogP contribution in [0.3, 0.4) is 0 Å². The quantitative estimate of drug-likeness (QED) is 0.843. The van der Waals surface area contributed by atoms with Crippen molar-refractivity contribution in [3.8, 4) is 0 Å². The minimum Gasteiger partial charge on any atom is -0.450 e. The number of rotatable bonds is 6. The lowest BCUT2D eigenvalue weighted by atomic mass is 10.3. The molecule has 0 fully saturated rings. The fourth-order valence-corrected chi connectivity index (χ4v) is 2.76. The minimum atomic E-state index is -3.65. The van der Waals surface area contributed by atoms with Gasteiger partial charge < -0.3 is 4.74 Å². The number of nitrogens with one attached hydrogen (secondary N) is 2. The second-order valence-corrected chi connectivity index (χ2v) is 6.28. The number of pyridine rings is 1. The molecule has 0 radical (unpaired) electrons. The normalized spacial score (nSPS) is 11.0. The molecule has 0 unspecified atom stereocenters. The zero-order valence-corrected chi connectivity index (χ0v) is 13.3. The Labute approximate surface area is 134 Å². The molecule has 0 saturated heterocycles. The third-order valence-corrected chi connectivity index (χ3v) is 4.27. The van der Waals surface area contributed by atoms with Crippen LogP contribution >= 0.6 is 0 Å². The van der Waals surface area contributed by atoms with Gasteiger partial charge in [0.25, 0.3) is 0 Å². The van der Waals surface area contributed by atoms with Crippen molar-refractivity contribution in [1.29, 1.82) is 0 Å². The number of hydrogen-bond acceptors (Lipinski definition) is 5. The first-order valence-electron chi connectivity index (χ1n) is 6.94. The van der Waals surface area contributed by atoms with E-state index in [4.69, 9.17) is 4.74 Å². The number of sulfonamides is 1. The second kappa shape index (κ2) is 7.70. The van der Waals surface area contributed by atoms with Crippen molar-refractivity contribution < 1.29 is 17.9 Å².